The highest BCUT2D eigenvalue weighted by atomic mass is 16.7. The van der Waals surface area contributed by atoms with Gasteiger partial charge in [-0.1, -0.05) is 0 Å². The third-order valence-electron chi connectivity index (χ3n) is 5.47. The monoisotopic (exact) mass is 460 g/mol. The summed E-state index contributed by atoms with van der Waals surface area (Å²) in [6, 6.07) is 11.2. The molecule has 1 aromatic heterocycles. The molecule has 176 valence electrons. The van der Waals surface area contributed by atoms with Crippen LogP contribution in [0, 0.1) is 0 Å². The Kier molecular flexibility index (Phi) is 6.54. The molecule has 33 heavy (non-hydrogen) atoms. The van der Waals surface area contributed by atoms with Gasteiger partial charge in [-0.05, 0) is 24.3 Å². The maximum atomic E-state index is 13.0. The summed E-state index contributed by atoms with van der Waals surface area (Å²) in [6.45, 7) is -0.614. The minimum atomic E-state index is -1.64. The van der Waals surface area contributed by atoms with Crippen LogP contribution in [0.25, 0.3) is 22.3 Å². The van der Waals surface area contributed by atoms with Crippen molar-refractivity contribution in [3.8, 4) is 28.6 Å². The Hall–Kier alpha value is -3.15. The minimum Gasteiger partial charge on any atom is -0.497 e. The Bertz CT molecular complexity index is 1170. The van der Waals surface area contributed by atoms with Gasteiger partial charge in [0, 0.05) is 23.8 Å². The number of aliphatic hydroxyl groups excluding tert-OH is 4. The van der Waals surface area contributed by atoms with Crippen LogP contribution in [-0.2, 0) is 4.74 Å². The van der Waals surface area contributed by atoms with E-state index in [4.69, 9.17) is 23.4 Å². The lowest BCUT2D eigenvalue weighted by Crippen LogP contribution is -2.60. The van der Waals surface area contributed by atoms with E-state index in [0.29, 0.717) is 22.8 Å². The van der Waals surface area contributed by atoms with Gasteiger partial charge in [0.15, 0.2) is 5.43 Å². The number of benzene rings is 2. The summed E-state index contributed by atoms with van der Waals surface area (Å²) in [5, 5.41) is 39.8. The summed E-state index contributed by atoms with van der Waals surface area (Å²) in [6.07, 6.45) is -7.45. The first-order valence-electron chi connectivity index (χ1n) is 10.1. The average Bonchev–Trinajstić information content (AvgIpc) is 2.83. The molecule has 4 rings (SSSR count). The fourth-order valence-electron chi connectivity index (χ4n) is 3.63. The number of rotatable bonds is 6. The minimum absolute atomic E-state index is 0.0243. The first kappa shape index (κ1) is 23.0. The van der Waals surface area contributed by atoms with Crippen molar-refractivity contribution in [1.29, 1.82) is 0 Å². The van der Waals surface area contributed by atoms with E-state index >= 15 is 0 Å². The maximum absolute atomic E-state index is 13.0. The number of hydrogen-bond acceptors (Lipinski definition) is 10. The van der Waals surface area contributed by atoms with Crippen molar-refractivity contribution in [2.75, 3.05) is 20.8 Å². The molecular weight excluding hydrogens is 436 g/mol. The molecule has 3 aromatic rings. The summed E-state index contributed by atoms with van der Waals surface area (Å²) < 4.78 is 27.5. The Balaban J connectivity index is 1.76. The zero-order chi connectivity index (χ0) is 23.7. The van der Waals surface area contributed by atoms with Crippen molar-refractivity contribution >= 4 is 11.0 Å². The van der Waals surface area contributed by atoms with Crippen LogP contribution < -0.4 is 19.6 Å². The molecule has 10 nitrogen and oxygen atoms in total. The lowest BCUT2D eigenvalue weighted by Gasteiger charge is -2.39. The van der Waals surface area contributed by atoms with Crippen LogP contribution in [0.2, 0.25) is 0 Å². The van der Waals surface area contributed by atoms with Gasteiger partial charge in [-0.25, -0.2) is 0 Å². The molecule has 0 aliphatic carbocycles. The number of ether oxygens (including phenoxy) is 4. The molecule has 0 radical (unpaired) electrons. The number of hydrogen-bond donors (Lipinski definition) is 4. The lowest BCUT2D eigenvalue weighted by atomic mass is 9.99. The third-order valence-corrected chi connectivity index (χ3v) is 5.47. The summed E-state index contributed by atoms with van der Waals surface area (Å²) in [5.74, 6) is 1.24. The predicted molar refractivity (Wildman–Crippen MR) is 115 cm³/mol. The van der Waals surface area contributed by atoms with Gasteiger partial charge in [0.2, 0.25) is 6.29 Å². The average molecular weight is 460 g/mol. The highest BCUT2D eigenvalue weighted by Gasteiger charge is 2.45. The van der Waals surface area contributed by atoms with E-state index in [1.165, 1.54) is 25.3 Å². The normalized spacial score (nSPS) is 25.1. The van der Waals surface area contributed by atoms with E-state index in [1.807, 2.05) is 0 Å². The first-order chi connectivity index (χ1) is 15.9. The largest absolute Gasteiger partial charge is 0.497 e. The second-order valence-corrected chi connectivity index (χ2v) is 7.52. The van der Waals surface area contributed by atoms with Crippen molar-refractivity contribution in [2.24, 2.45) is 0 Å². The number of aliphatic hydroxyl groups is 4. The Morgan fingerprint density at radius 2 is 1.61 bits per heavy atom. The van der Waals surface area contributed by atoms with Gasteiger partial charge in [-0.15, -0.1) is 0 Å². The first-order valence-corrected chi connectivity index (χ1v) is 10.1. The number of methoxy groups -OCH3 is 2. The molecule has 2 aromatic carbocycles. The number of fused-ring (bicyclic) bond motifs is 1. The van der Waals surface area contributed by atoms with Gasteiger partial charge in [0.25, 0.3) is 0 Å². The van der Waals surface area contributed by atoms with Gasteiger partial charge >= 0.3 is 0 Å². The molecule has 1 saturated heterocycles. The van der Waals surface area contributed by atoms with Crippen molar-refractivity contribution in [1.82, 2.24) is 0 Å². The van der Waals surface area contributed by atoms with Gasteiger partial charge in [0.05, 0.1) is 20.8 Å². The summed E-state index contributed by atoms with van der Waals surface area (Å²) in [7, 11) is 2.97. The highest BCUT2D eigenvalue weighted by molar-refractivity contribution is 5.86. The summed E-state index contributed by atoms with van der Waals surface area (Å²) in [5.41, 5.74) is 0.380. The molecule has 5 atom stereocenters. The van der Waals surface area contributed by atoms with Crippen LogP contribution in [0.3, 0.4) is 0 Å². The van der Waals surface area contributed by atoms with Crippen molar-refractivity contribution in [2.45, 2.75) is 30.7 Å². The van der Waals surface area contributed by atoms with Gasteiger partial charge in [0.1, 0.15) is 58.4 Å². The predicted octanol–water partition coefficient (Wildman–Crippen LogP) is 0.656. The van der Waals surface area contributed by atoms with Gasteiger partial charge in [-0.2, -0.15) is 0 Å². The second-order valence-electron chi connectivity index (χ2n) is 7.52. The molecule has 0 amide bonds. The quantitative estimate of drug-likeness (QED) is 0.413. The molecule has 0 saturated carbocycles. The second kappa shape index (κ2) is 9.38. The Morgan fingerprint density at radius 3 is 2.24 bits per heavy atom. The molecular formula is C23H24O10. The van der Waals surface area contributed by atoms with E-state index in [1.54, 1.807) is 31.4 Å². The van der Waals surface area contributed by atoms with E-state index in [0.717, 1.165) is 0 Å². The van der Waals surface area contributed by atoms with Crippen LogP contribution in [0.5, 0.6) is 17.2 Å². The van der Waals surface area contributed by atoms with Crippen LogP contribution in [-0.4, -0.2) is 72.0 Å². The molecule has 4 N–H and O–H groups in total. The zero-order valence-electron chi connectivity index (χ0n) is 17.9. The van der Waals surface area contributed by atoms with E-state index < -0.39 is 42.7 Å². The van der Waals surface area contributed by atoms with E-state index in [9.17, 15) is 25.2 Å². The molecule has 1 aliphatic heterocycles. The van der Waals surface area contributed by atoms with Crippen molar-refractivity contribution in [3.63, 3.8) is 0 Å². The molecule has 1 fully saturated rings. The van der Waals surface area contributed by atoms with Crippen molar-refractivity contribution < 1.29 is 43.8 Å². The van der Waals surface area contributed by atoms with Crippen LogP contribution in [0.15, 0.2) is 51.7 Å². The van der Waals surface area contributed by atoms with Crippen LogP contribution in [0.1, 0.15) is 0 Å². The topological polar surface area (TPSA) is 148 Å². The molecule has 1 aliphatic rings. The van der Waals surface area contributed by atoms with Crippen LogP contribution >= 0.6 is 0 Å². The van der Waals surface area contributed by atoms with E-state index in [-0.39, 0.29) is 16.7 Å². The van der Waals surface area contributed by atoms with Crippen LogP contribution in [0.4, 0.5) is 0 Å². The standard InChI is InChI=1S/C23H24O10/c1-29-12-5-3-11(4-6-12)15-9-14(25)19-16(31-15)7-13(30-2)8-17(19)32-23-22(28)21(27)20(26)18(10-24)33-23/h3-9,18,20-24,26-28H,10H2,1-2H3/t18-,20-,21+,22-,23-/m0/s1. The van der Waals surface area contributed by atoms with Gasteiger partial charge in [-0.3, -0.25) is 4.79 Å². The molecule has 10 heteroatoms. The van der Waals surface area contributed by atoms with Crippen molar-refractivity contribution in [3.05, 3.63) is 52.7 Å². The lowest BCUT2D eigenvalue weighted by molar-refractivity contribution is -0.277. The van der Waals surface area contributed by atoms with Gasteiger partial charge < -0.3 is 43.8 Å². The summed E-state index contributed by atoms with van der Waals surface area (Å²) >= 11 is 0. The highest BCUT2D eigenvalue weighted by Crippen LogP contribution is 2.34. The third kappa shape index (κ3) is 4.39. The molecule has 0 unspecified atom stereocenters. The van der Waals surface area contributed by atoms with E-state index in [2.05, 4.69) is 0 Å². The SMILES string of the molecule is COc1ccc(-c2cc(=O)c3c(O[C@H]4O[C@@H](CO)[C@H](O)[C@@H](O)[C@@H]4O)cc(OC)cc3o2)cc1. The Labute approximate surface area is 188 Å². The fourth-order valence-corrected chi connectivity index (χ4v) is 3.63. The molecule has 0 spiro atoms. The summed E-state index contributed by atoms with van der Waals surface area (Å²) in [4.78, 5) is 13.0. The molecule has 0 bridgehead atoms. The smallest absolute Gasteiger partial charge is 0.229 e. The fraction of sp³-hybridized carbons (Fsp3) is 0.348. The maximum Gasteiger partial charge on any atom is 0.229 e. The zero-order valence-corrected chi connectivity index (χ0v) is 17.9. The Morgan fingerprint density at radius 1 is 0.909 bits per heavy atom. The molecule has 2 heterocycles.